The van der Waals surface area contributed by atoms with Gasteiger partial charge in [-0.2, -0.15) is 0 Å². The molecule has 0 spiro atoms. The molecule has 2 saturated heterocycles. The topological polar surface area (TPSA) is 69.2 Å². The molecule has 0 saturated carbocycles. The van der Waals surface area contributed by atoms with Crippen molar-refractivity contribution in [1.29, 1.82) is 0 Å². The minimum Gasteiger partial charge on any atom is -0.465 e. The van der Waals surface area contributed by atoms with Crippen LogP contribution >= 0.6 is 0 Å². The molecule has 0 unspecified atom stereocenters. The summed E-state index contributed by atoms with van der Waals surface area (Å²) in [7, 11) is 3.50. The number of amides is 2. The maximum absolute atomic E-state index is 13.5. The average Bonchev–Trinajstić information content (AvgIpc) is 2.88. The number of methoxy groups -OCH3 is 1. The molecular weight excluding hydrogens is 418 g/mol. The van der Waals surface area contributed by atoms with Gasteiger partial charge in [-0.3, -0.25) is 9.88 Å². The van der Waals surface area contributed by atoms with Crippen molar-refractivity contribution in [3.05, 3.63) is 53.9 Å². The van der Waals surface area contributed by atoms with E-state index in [0.717, 1.165) is 63.5 Å². The molecule has 2 aliphatic rings. The summed E-state index contributed by atoms with van der Waals surface area (Å²) < 4.78 is 4.75. The Hall–Kier alpha value is -3.13. The van der Waals surface area contributed by atoms with E-state index >= 15 is 0 Å². The molecule has 0 atom stereocenters. The zero-order chi connectivity index (χ0) is 23.2. The molecule has 176 valence electrons. The second-order valence-electron chi connectivity index (χ2n) is 8.75. The molecule has 0 N–H and O–H groups in total. The van der Waals surface area contributed by atoms with Crippen LogP contribution in [-0.2, 0) is 11.3 Å². The summed E-state index contributed by atoms with van der Waals surface area (Å²) in [5.74, 6) is -0.421. The van der Waals surface area contributed by atoms with Crippen molar-refractivity contribution in [2.45, 2.75) is 25.8 Å². The van der Waals surface area contributed by atoms with Gasteiger partial charge >= 0.3 is 12.0 Å². The predicted molar refractivity (Wildman–Crippen MR) is 129 cm³/mol. The number of ether oxygens (including phenoxy) is 1. The van der Waals surface area contributed by atoms with Gasteiger partial charge in [0.1, 0.15) is 0 Å². The Kier molecular flexibility index (Phi) is 7.44. The summed E-state index contributed by atoms with van der Waals surface area (Å²) in [5, 5.41) is 0. The van der Waals surface area contributed by atoms with Crippen LogP contribution in [0.5, 0.6) is 0 Å². The third-order valence-corrected chi connectivity index (χ3v) is 6.45. The maximum Gasteiger partial charge on any atom is 0.339 e. The van der Waals surface area contributed by atoms with E-state index in [1.54, 1.807) is 17.0 Å². The summed E-state index contributed by atoms with van der Waals surface area (Å²) in [6.07, 6.45) is 4.74. The number of hydrogen-bond donors (Lipinski definition) is 0. The molecule has 4 rings (SSSR count). The highest BCUT2D eigenvalue weighted by molar-refractivity contribution is 5.92. The van der Waals surface area contributed by atoms with Crippen molar-refractivity contribution in [3.8, 4) is 0 Å². The van der Waals surface area contributed by atoms with Gasteiger partial charge in [-0.25, -0.2) is 9.59 Å². The van der Waals surface area contributed by atoms with Crippen molar-refractivity contribution in [3.63, 3.8) is 0 Å². The molecule has 3 heterocycles. The molecular formula is C25H33N5O3. The van der Waals surface area contributed by atoms with E-state index in [9.17, 15) is 9.59 Å². The Labute approximate surface area is 195 Å². The van der Waals surface area contributed by atoms with Gasteiger partial charge in [0, 0.05) is 56.8 Å². The number of carbonyl (C=O) groups is 2. The predicted octanol–water partition coefficient (Wildman–Crippen LogP) is 3.23. The number of piperidine rings is 1. The van der Waals surface area contributed by atoms with Gasteiger partial charge in [-0.1, -0.05) is 0 Å². The molecule has 1 aromatic carbocycles. The first kappa shape index (κ1) is 23.0. The first-order valence-corrected chi connectivity index (χ1v) is 11.7. The van der Waals surface area contributed by atoms with Crippen LogP contribution in [0.25, 0.3) is 0 Å². The monoisotopic (exact) mass is 451 g/mol. The lowest BCUT2D eigenvalue weighted by Crippen LogP contribution is -2.45. The van der Waals surface area contributed by atoms with Gasteiger partial charge in [0.15, 0.2) is 0 Å². The Balaban J connectivity index is 1.54. The van der Waals surface area contributed by atoms with Crippen LogP contribution in [0.15, 0.2) is 42.6 Å². The van der Waals surface area contributed by atoms with E-state index in [0.29, 0.717) is 12.1 Å². The van der Waals surface area contributed by atoms with E-state index in [1.165, 1.54) is 25.4 Å². The average molecular weight is 452 g/mol. The quantitative estimate of drug-likeness (QED) is 0.650. The Morgan fingerprint density at radius 2 is 1.64 bits per heavy atom. The Morgan fingerprint density at radius 1 is 0.939 bits per heavy atom. The zero-order valence-electron chi connectivity index (χ0n) is 19.6. The molecule has 2 aromatic rings. The van der Waals surface area contributed by atoms with Crippen LogP contribution in [0.2, 0.25) is 0 Å². The Morgan fingerprint density at radius 3 is 2.24 bits per heavy atom. The summed E-state index contributed by atoms with van der Waals surface area (Å²) in [6, 6.07) is 11.7. The second kappa shape index (κ2) is 10.7. The molecule has 8 nitrogen and oxygen atoms in total. The Bertz CT molecular complexity index is 934. The number of benzene rings is 1. The highest BCUT2D eigenvalue weighted by atomic mass is 16.5. The number of nitrogens with zero attached hydrogens (tertiary/aromatic N) is 5. The van der Waals surface area contributed by atoms with Gasteiger partial charge in [-0.05, 0) is 62.7 Å². The molecule has 1 aromatic heterocycles. The number of esters is 1. The number of likely N-dealkylation sites (N-methyl/N-ethyl adjacent to an activating group) is 1. The first-order valence-electron chi connectivity index (χ1n) is 11.7. The van der Waals surface area contributed by atoms with Crippen molar-refractivity contribution < 1.29 is 14.3 Å². The molecule has 0 aliphatic carbocycles. The summed E-state index contributed by atoms with van der Waals surface area (Å²) in [4.78, 5) is 38.1. The first-order chi connectivity index (χ1) is 16.0. The van der Waals surface area contributed by atoms with E-state index < -0.39 is 5.97 Å². The SMILES string of the molecule is COC(=O)c1ccc(CN(C(=O)N2CCCCC2)c2ccc(N3CCN(C)CC3)cc2)nc1. The molecule has 2 fully saturated rings. The lowest BCUT2D eigenvalue weighted by Gasteiger charge is -2.35. The number of urea groups is 1. The zero-order valence-corrected chi connectivity index (χ0v) is 19.6. The fraction of sp³-hybridized carbons (Fsp3) is 0.480. The largest absolute Gasteiger partial charge is 0.465 e. The van der Waals surface area contributed by atoms with Gasteiger partial charge < -0.3 is 19.4 Å². The molecule has 0 radical (unpaired) electrons. The van der Waals surface area contributed by atoms with Crippen molar-refractivity contribution in [2.24, 2.45) is 0 Å². The maximum atomic E-state index is 13.5. The van der Waals surface area contributed by atoms with Crippen molar-refractivity contribution in [1.82, 2.24) is 14.8 Å². The highest BCUT2D eigenvalue weighted by Gasteiger charge is 2.25. The highest BCUT2D eigenvalue weighted by Crippen LogP contribution is 2.25. The third kappa shape index (κ3) is 5.63. The molecule has 2 amide bonds. The van der Waals surface area contributed by atoms with Crippen molar-refractivity contribution >= 4 is 23.4 Å². The van der Waals surface area contributed by atoms with E-state index in [-0.39, 0.29) is 6.03 Å². The number of pyridine rings is 1. The lowest BCUT2D eigenvalue weighted by atomic mass is 10.1. The van der Waals surface area contributed by atoms with Gasteiger partial charge in [0.05, 0.1) is 24.9 Å². The molecule has 33 heavy (non-hydrogen) atoms. The number of piperazine rings is 1. The number of aromatic nitrogens is 1. The lowest BCUT2D eigenvalue weighted by molar-refractivity contribution is 0.0600. The number of rotatable bonds is 5. The van der Waals surface area contributed by atoms with Crippen LogP contribution in [0, 0.1) is 0 Å². The van der Waals surface area contributed by atoms with Crippen LogP contribution < -0.4 is 9.80 Å². The molecule has 2 aliphatic heterocycles. The van der Waals surface area contributed by atoms with Crippen LogP contribution in [0.4, 0.5) is 16.2 Å². The summed E-state index contributed by atoms with van der Waals surface area (Å²) >= 11 is 0. The minimum atomic E-state index is -0.421. The normalized spacial score (nSPS) is 17.0. The number of likely N-dealkylation sites (tertiary alicyclic amines) is 1. The number of anilines is 2. The third-order valence-electron chi connectivity index (χ3n) is 6.45. The molecule has 0 bridgehead atoms. The molecule has 8 heteroatoms. The summed E-state index contributed by atoms with van der Waals surface area (Å²) in [5.41, 5.74) is 3.14. The number of hydrogen-bond acceptors (Lipinski definition) is 6. The fourth-order valence-electron chi connectivity index (χ4n) is 4.35. The van der Waals surface area contributed by atoms with Crippen LogP contribution in [0.3, 0.4) is 0 Å². The number of carbonyl (C=O) groups excluding carboxylic acids is 2. The second-order valence-corrected chi connectivity index (χ2v) is 8.75. The minimum absolute atomic E-state index is 0.000826. The van der Waals surface area contributed by atoms with Gasteiger partial charge in [0.25, 0.3) is 0 Å². The van der Waals surface area contributed by atoms with Gasteiger partial charge in [0.2, 0.25) is 0 Å². The fourth-order valence-corrected chi connectivity index (χ4v) is 4.35. The van der Waals surface area contributed by atoms with E-state index in [2.05, 4.69) is 34.0 Å². The standard InChI is InChI=1S/C25H33N5O3/c1-27-14-16-28(17-15-27)22-8-10-23(11-9-22)30(25(32)29-12-4-3-5-13-29)19-21-7-6-20(18-26-21)24(31)33-2/h6-11,18H,3-5,12-17,19H2,1-2H3. The van der Waals surface area contributed by atoms with Crippen molar-refractivity contribution in [2.75, 3.05) is 63.2 Å². The van der Waals surface area contributed by atoms with E-state index in [1.807, 2.05) is 17.0 Å². The van der Waals surface area contributed by atoms with Crippen LogP contribution in [0.1, 0.15) is 35.3 Å². The van der Waals surface area contributed by atoms with E-state index in [4.69, 9.17) is 4.74 Å². The summed E-state index contributed by atoms with van der Waals surface area (Å²) in [6.45, 7) is 6.01. The smallest absolute Gasteiger partial charge is 0.339 e. The van der Waals surface area contributed by atoms with Gasteiger partial charge in [-0.15, -0.1) is 0 Å². The van der Waals surface area contributed by atoms with Crippen LogP contribution in [-0.4, -0.2) is 80.2 Å².